The number of carbonyl (C=O) groups excluding carboxylic acids is 1. The van der Waals surface area contributed by atoms with E-state index in [2.05, 4.69) is 20.5 Å². The van der Waals surface area contributed by atoms with Crippen LogP contribution >= 0.6 is 0 Å². The van der Waals surface area contributed by atoms with E-state index in [1.807, 2.05) is 6.07 Å². The lowest BCUT2D eigenvalue weighted by Crippen LogP contribution is -2.50. The zero-order chi connectivity index (χ0) is 29.8. The molecule has 0 aliphatic carbocycles. The number of nitrogens with one attached hydrogen (secondary N) is 2. The van der Waals surface area contributed by atoms with Crippen molar-refractivity contribution in [1.29, 1.82) is 5.26 Å². The number of urea groups is 1. The van der Waals surface area contributed by atoms with Gasteiger partial charge in [0.2, 0.25) is 0 Å². The molecule has 0 spiro atoms. The number of hydrogen-bond acceptors (Lipinski definition) is 4. The fourth-order valence-electron chi connectivity index (χ4n) is 4.27. The summed E-state index contributed by atoms with van der Waals surface area (Å²) in [5.74, 6) is -2.70. The molecule has 0 aliphatic heterocycles. The van der Waals surface area contributed by atoms with Crippen LogP contribution < -0.4 is 15.4 Å². The lowest BCUT2D eigenvalue weighted by atomic mass is 9.77. The molecule has 0 saturated carbocycles. The van der Waals surface area contributed by atoms with E-state index in [0.29, 0.717) is 11.6 Å². The Morgan fingerprint density at radius 1 is 1.02 bits per heavy atom. The summed E-state index contributed by atoms with van der Waals surface area (Å²) in [5.41, 5.74) is -1.23. The molecule has 7 nitrogen and oxygen atoms in total. The summed E-state index contributed by atoms with van der Waals surface area (Å²) in [6.45, 7) is 0. The molecule has 4 aromatic rings. The molecule has 0 fully saturated rings. The summed E-state index contributed by atoms with van der Waals surface area (Å²) in [6.07, 6.45) is -8.08. The predicted octanol–water partition coefficient (Wildman–Crippen LogP) is 6.11. The number of hydrogen-bond donors (Lipinski definition) is 2. The topological polar surface area (TPSA) is 92.0 Å². The Balaban J connectivity index is 1.90. The number of rotatable bonds is 9. The maximum atomic E-state index is 14.9. The molecule has 0 bridgehead atoms. The highest BCUT2D eigenvalue weighted by molar-refractivity contribution is 5.90. The van der Waals surface area contributed by atoms with Crippen LogP contribution in [0.15, 0.2) is 79.0 Å². The van der Waals surface area contributed by atoms with Gasteiger partial charge in [0.1, 0.15) is 34.8 Å². The van der Waals surface area contributed by atoms with Crippen LogP contribution in [-0.4, -0.2) is 28.3 Å². The number of nitriles is 1. The Labute approximate surface area is 230 Å². The van der Waals surface area contributed by atoms with Gasteiger partial charge in [-0.3, -0.25) is 10.00 Å². The molecule has 0 radical (unpaired) electrons. The van der Waals surface area contributed by atoms with Crippen LogP contribution in [0.3, 0.4) is 0 Å². The molecule has 212 valence electrons. The molecule has 1 atom stereocenters. The average molecular weight is 573 g/mol. The molecule has 1 aromatic heterocycles. The van der Waals surface area contributed by atoms with Crippen molar-refractivity contribution >= 4 is 11.8 Å². The zero-order valence-corrected chi connectivity index (χ0v) is 21.2. The van der Waals surface area contributed by atoms with Gasteiger partial charge >= 0.3 is 18.6 Å². The standard InChI is InChI=1S/C28H21F6N5O2/c1-39-24(18(15-35)16-36-39)37-26(40)38-27(14-17-5-3-2-4-6-17,19-7-9-21(29)10-8-19)20-11-22(30)13-23(12-20)41-28(33,34)25(31)32/h2-13,16,25H,14H2,1H3,(H2,37,38,40)/t27-/m1/s1. The van der Waals surface area contributed by atoms with Crippen LogP contribution in [0.5, 0.6) is 5.75 Å². The Morgan fingerprint density at radius 2 is 1.71 bits per heavy atom. The predicted molar refractivity (Wildman–Crippen MR) is 135 cm³/mol. The first-order valence-corrected chi connectivity index (χ1v) is 11.9. The number of halogens is 6. The SMILES string of the molecule is Cn1ncc(C#N)c1NC(=O)N[C@](Cc1ccccc1)(c1ccc(F)cc1)c1cc(F)cc(OC(F)(F)C(F)F)c1. The lowest BCUT2D eigenvalue weighted by molar-refractivity contribution is -0.253. The number of aryl methyl sites for hydroxylation is 1. The van der Waals surface area contributed by atoms with E-state index in [0.717, 1.165) is 24.3 Å². The van der Waals surface area contributed by atoms with Gasteiger partial charge in [-0.25, -0.2) is 13.6 Å². The monoisotopic (exact) mass is 573 g/mol. The Hall–Kier alpha value is -4.99. The van der Waals surface area contributed by atoms with Gasteiger partial charge in [0, 0.05) is 19.5 Å². The minimum Gasteiger partial charge on any atom is -0.428 e. The summed E-state index contributed by atoms with van der Waals surface area (Å²) in [4.78, 5) is 13.4. The van der Waals surface area contributed by atoms with E-state index in [1.165, 1.54) is 30.1 Å². The minimum atomic E-state index is -4.94. The van der Waals surface area contributed by atoms with Crippen molar-refractivity contribution in [3.63, 3.8) is 0 Å². The number of amides is 2. The highest BCUT2D eigenvalue weighted by Crippen LogP contribution is 2.38. The number of ether oxygens (including phenoxy) is 1. The summed E-state index contributed by atoms with van der Waals surface area (Å²) >= 11 is 0. The van der Waals surface area contributed by atoms with Crippen molar-refractivity contribution in [2.75, 3.05) is 5.32 Å². The molecule has 13 heteroatoms. The van der Waals surface area contributed by atoms with Crippen LogP contribution in [-0.2, 0) is 19.0 Å². The molecule has 0 unspecified atom stereocenters. The summed E-state index contributed by atoms with van der Waals surface area (Å²) in [5, 5.41) is 18.5. The smallest absolute Gasteiger partial charge is 0.428 e. The first-order chi connectivity index (χ1) is 19.4. The van der Waals surface area contributed by atoms with Crippen LogP contribution in [0.4, 0.5) is 37.0 Å². The van der Waals surface area contributed by atoms with Crippen molar-refractivity contribution in [1.82, 2.24) is 15.1 Å². The molecule has 3 aromatic carbocycles. The van der Waals surface area contributed by atoms with E-state index in [4.69, 9.17) is 0 Å². The van der Waals surface area contributed by atoms with E-state index in [-0.39, 0.29) is 28.9 Å². The highest BCUT2D eigenvalue weighted by atomic mass is 19.3. The number of anilines is 1. The molecular formula is C28H21F6N5O2. The number of benzene rings is 3. The first-order valence-electron chi connectivity index (χ1n) is 11.9. The first kappa shape index (κ1) is 29.0. The third-order valence-electron chi connectivity index (χ3n) is 6.14. The number of carbonyl (C=O) groups is 1. The highest BCUT2D eigenvalue weighted by Gasteiger charge is 2.45. The van der Waals surface area contributed by atoms with Gasteiger partial charge in [-0.1, -0.05) is 42.5 Å². The van der Waals surface area contributed by atoms with Gasteiger partial charge in [0.25, 0.3) is 0 Å². The van der Waals surface area contributed by atoms with E-state index in [9.17, 15) is 36.4 Å². The maximum absolute atomic E-state index is 14.9. The fraction of sp³-hybridized carbons (Fsp3) is 0.179. The van der Waals surface area contributed by atoms with E-state index in [1.54, 1.807) is 30.3 Å². The fourth-order valence-corrected chi connectivity index (χ4v) is 4.27. The molecule has 2 N–H and O–H groups in total. The summed E-state index contributed by atoms with van der Waals surface area (Å²) in [7, 11) is 1.47. The number of nitrogens with zero attached hydrogens (tertiary/aromatic N) is 3. The van der Waals surface area contributed by atoms with Crippen LogP contribution in [0.2, 0.25) is 0 Å². The van der Waals surface area contributed by atoms with Crippen LogP contribution in [0, 0.1) is 23.0 Å². The lowest BCUT2D eigenvalue weighted by Gasteiger charge is -2.37. The van der Waals surface area contributed by atoms with E-state index >= 15 is 0 Å². The third kappa shape index (κ3) is 6.43. The molecule has 2 amide bonds. The van der Waals surface area contributed by atoms with Crippen molar-refractivity contribution in [3.8, 4) is 11.8 Å². The van der Waals surface area contributed by atoms with Crippen LogP contribution in [0.25, 0.3) is 0 Å². The van der Waals surface area contributed by atoms with Gasteiger partial charge in [-0.05, 0) is 41.0 Å². The van der Waals surface area contributed by atoms with Gasteiger partial charge in [-0.2, -0.15) is 27.9 Å². The van der Waals surface area contributed by atoms with Crippen LogP contribution in [0.1, 0.15) is 22.3 Å². The molecular weight excluding hydrogens is 552 g/mol. The number of aromatic nitrogens is 2. The second-order valence-corrected chi connectivity index (χ2v) is 8.94. The van der Waals surface area contributed by atoms with Gasteiger partial charge in [0.15, 0.2) is 0 Å². The second kappa shape index (κ2) is 11.6. The minimum absolute atomic E-state index is 0.0116. The largest absolute Gasteiger partial charge is 0.461 e. The summed E-state index contributed by atoms with van der Waals surface area (Å²) < 4.78 is 87.6. The summed E-state index contributed by atoms with van der Waals surface area (Å²) in [6, 6.07) is 16.4. The molecule has 0 aliphatic rings. The van der Waals surface area contributed by atoms with Crippen molar-refractivity contribution in [3.05, 3.63) is 113 Å². The molecule has 41 heavy (non-hydrogen) atoms. The molecule has 1 heterocycles. The zero-order valence-electron chi connectivity index (χ0n) is 21.2. The maximum Gasteiger partial charge on any atom is 0.461 e. The Kier molecular flexibility index (Phi) is 8.23. The third-order valence-corrected chi connectivity index (χ3v) is 6.14. The molecule has 4 rings (SSSR count). The van der Waals surface area contributed by atoms with Gasteiger partial charge < -0.3 is 10.1 Å². The number of alkyl halides is 4. The second-order valence-electron chi connectivity index (χ2n) is 8.94. The van der Waals surface area contributed by atoms with Crippen molar-refractivity contribution in [2.45, 2.75) is 24.5 Å². The Bertz CT molecular complexity index is 1570. The molecule has 0 saturated heterocycles. The van der Waals surface area contributed by atoms with Crippen molar-refractivity contribution in [2.24, 2.45) is 7.05 Å². The average Bonchev–Trinajstić information content (AvgIpc) is 3.27. The normalized spacial score (nSPS) is 12.9. The quantitative estimate of drug-likeness (QED) is 0.236. The van der Waals surface area contributed by atoms with Gasteiger partial charge in [0.05, 0.1) is 11.7 Å². The van der Waals surface area contributed by atoms with Gasteiger partial charge in [-0.15, -0.1) is 0 Å². The van der Waals surface area contributed by atoms with E-state index < -0.39 is 41.5 Å². The Morgan fingerprint density at radius 3 is 2.34 bits per heavy atom. The van der Waals surface area contributed by atoms with Crippen molar-refractivity contribution < 1.29 is 35.9 Å².